The number of anilines is 1. The minimum atomic E-state index is 0.0918. The molecular formula is C25H28N2O3S. The molecular weight excluding hydrogens is 408 g/mol. The van der Waals surface area contributed by atoms with E-state index in [1.807, 2.05) is 64.9 Å². The number of carbonyl (C=O) groups is 1. The Balaban J connectivity index is 1.48. The number of methoxy groups -OCH3 is 2. The molecule has 0 unspecified atom stereocenters. The van der Waals surface area contributed by atoms with Crippen LogP contribution in [0.4, 0.5) is 5.69 Å². The Morgan fingerprint density at radius 2 is 1.77 bits per heavy atom. The lowest BCUT2D eigenvalue weighted by molar-refractivity contribution is 0.0962. The van der Waals surface area contributed by atoms with E-state index >= 15 is 0 Å². The second-order valence-corrected chi connectivity index (χ2v) is 8.60. The van der Waals surface area contributed by atoms with Crippen molar-refractivity contribution in [2.45, 2.75) is 25.4 Å². The van der Waals surface area contributed by atoms with Gasteiger partial charge in [-0.25, -0.2) is 0 Å². The number of amides is 1. The third-order valence-corrected chi connectivity index (χ3v) is 6.64. The fraction of sp³-hybridized carbons (Fsp3) is 0.320. The van der Waals surface area contributed by atoms with E-state index in [0.29, 0.717) is 0 Å². The highest BCUT2D eigenvalue weighted by Crippen LogP contribution is 2.33. The number of ether oxygens (including phenoxy) is 2. The molecule has 2 heterocycles. The zero-order chi connectivity index (χ0) is 21.6. The Hall–Kier alpha value is -2.83. The Bertz CT molecular complexity index is 983. The number of benzene rings is 2. The van der Waals surface area contributed by atoms with Gasteiger partial charge in [0.15, 0.2) is 11.5 Å². The fourth-order valence-electron chi connectivity index (χ4n) is 4.26. The van der Waals surface area contributed by atoms with Crippen LogP contribution < -0.4 is 14.4 Å². The first-order valence-corrected chi connectivity index (χ1v) is 11.4. The van der Waals surface area contributed by atoms with Gasteiger partial charge in [0.05, 0.1) is 19.1 Å². The van der Waals surface area contributed by atoms with E-state index in [4.69, 9.17) is 9.47 Å². The van der Waals surface area contributed by atoms with E-state index in [0.717, 1.165) is 60.1 Å². The van der Waals surface area contributed by atoms with Gasteiger partial charge in [-0.15, -0.1) is 11.3 Å². The second kappa shape index (κ2) is 9.98. The molecule has 0 N–H and O–H groups in total. The maximum atomic E-state index is 13.3. The van der Waals surface area contributed by atoms with Crippen LogP contribution in [-0.2, 0) is 6.54 Å². The van der Waals surface area contributed by atoms with Crippen LogP contribution in [0.3, 0.4) is 0 Å². The third-order valence-electron chi connectivity index (χ3n) is 5.79. The standard InChI is InChI=1S/C25H28N2O3S/c1-29-22-11-6-8-19(24(22)30-2)18-26-15-13-21(14-16-26)27(20-9-4-3-5-10-20)25(28)23-12-7-17-31-23/h3-12,17,21H,13-16,18H2,1-2H3. The van der Waals surface area contributed by atoms with Crippen molar-refractivity contribution in [3.05, 3.63) is 76.5 Å². The van der Waals surface area contributed by atoms with Gasteiger partial charge in [0.2, 0.25) is 0 Å². The molecule has 0 bridgehead atoms. The minimum absolute atomic E-state index is 0.0918. The predicted octanol–water partition coefficient (Wildman–Crippen LogP) is 5.08. The predicted molar refractivity (Wildman–Crippen MR) is 125 cm³/mol. The number of likely N-dealkylation sites (tertiary alicyclic amines) is 1. The number of carbonyl (C=O) groups excluding carboxylic acids is 1. The molecule has 1 fully saturated rings. The summed E-state index contributed by atoms with van der Waals surface area (Å²) >= 11 is 1.50. The van der Waals surface area contributed by atoms with E-state index < -0.39 is 0 Å². The molecule has 1 aromatic heterocycles. The lowest BCUT2D eigenvalue weighted by Crippen LogP contribution is -2.47. The molecule has 1 saturated heterocycles. The third kappa shape index (κ3) is 4.75. The molecule has 5 nitrogen and oxygen atoms in total. The van der Waals surface area contributed by atoms with Gasteiger partial charge in [0.25, 0.3) is 5.91 Å². The van der Waals surface area contributed by atoms with Crippen LogP contribution in [0.15, 0.2) is 66.0 Å². The van der Waals surface area contributed by atoms with Gasteiger partial charge in [0.1, 0.15) is 0 Å². The van der Waals surface area contributed by atoms with Crippen LogP contribution in [0.5, 0.6) is 11.5 Å². The molecule has 6 heteroatoms. The zero-order valence-electron chi connectivity index (χ0n) is 18.0. The fourth-order valence-corrected chi connectivity index (χ4v) is 4.92. The number of hydrogen-bond donors (Lipinski definition) is 0. The van der Waals surface area contributed by atoms with E-state index in [9.17, 15) is 4.79 Å². The summed E-state index contributed by atoms with van der Waals surface area (Å²) in [4.78, 5) is 18.5. The Morgan fingerprint density at radius 3 is 2.42 bits per heavy atom. The summed E-state index contributed by atoms with van der Waals surface area (Å²) in [6.07, 6.45) is 1.86. The van der Waals surface area contributed by atoms with Crippen molar-refractivity contribution in [1.29, 1.82) is 0 Å². The van der Waals surface area contributed by atoms with E-state index in [-0.39, 0.29) is 11.9 Å². The summed E-state index contributed by atoms with van der Waals surface area (Å²) in [7, 11) is 3.34. The largest absolute Gasteiger partial charge is 0.493 e. The van der Waals surface area contributed by atoms with Crippen LogP contribution in [0, 0.1) is 0 Å². The van der Waals surface area contributed by atoms with Gasteiger partial charge in [-0.1, -0.05) is 36.4 Å². The van der Waals surface area contributed by atoms with Crippen molar-refractivity contribution in [3.63, 3.8) is 0 Å². The van der Waals surface area contributed by atoms with Crippen molar-refractivity contribution >= 4 is 22.9 Å². The molecule has 0 aliphatic carbocycles. The van der Waals surface area contributed by atoms with Crippen LogP contribution in [0.2, 0.25) is 0 Å². The maximum absolute atomic E-state index is 13.3. The molecule has 1 aliphatic rings. The number of piperidine rings is 1. The summed E-state index contributed by atoms with van der Waals surface area (Å²) in [5.74, 6) is 1.65. The Morgan fingerprint density at radius 1 is 1.00 bits per heavy atom. The highest BCUT2D eigenvalue weighted by atomic mass is 32.1. The summed E-state index contributed by atoms with van der Waals surface area (Å²) in [5, 5.41) is 1.96. The topological polar surface area (TPSA) is 42.0 Å². The Kier molecular flexibility index (Phi) is 6.89. The molecule has 0 atom stereocenters. The molecule has 1 amide bonds. The smallest absolute Gasteiger partial charge is 0.268 e. The van der Waals surface area contributed by atoms with Crippen LogP contribution in [-0.4, -0.2) is 44.2 Å². The first-order valence-electron chi connectivity index (χ1n) is 10.6. The first kappa shape index (κ1) is 21.4. The summed E-state index contributed by atoms with van der Waals surface area (Å²) < 4.78 is 11.0. The SMILES string of the molecule is COc1cccc(CN2CCC(N(C(=O)c3cccs3)c3ccccc3)CC2)c1OC. The highest BCUT2D eigenvalue weighted by molar-refractivity contribution is 7.12. The molecule has 162 valence electrons. The Labute approximate surface area is 187 Å². The molecule has 3 aromatic rings. The molecule has 0 saturated carbocycles. The van der Waals surface area contributed by atoms with Gasteiger partial charge >= 0.3 is 0 Å². The van der Waals surface area contributed by atoms with Crippen molar-refractivity contribution in [2.75, 3.05) is 32.2 Å². The first-order chi connectivity index (χ1) is 15.2. The van der Waals surface area contributed by atoms with Crippen LogP contribution >= 0.6 is 11.3 Å². The van der Waals surface area contributed by atoms with Crippen molar-refractivity contribution in [3.8, 4) is 11.5 Å². The zero-order valence-corrected chi connectivity index (χ0v) is 18.8. The summed E-state index contributed by atoms with van der Waals surface area (Å²) in [6.45, 7) is 2.65. The lowest BCUT2D eigenvalue weighted by Gasteiger charge is -2.38. The lowest BCUT2D eigenvalue weighted by atomic mass is 10.0. The molecule has 0 spiro atoms. The number of para-hydroxylation sites is 2. The van der Waals surface area contributed by atoms with Gasteiger partial charge in [-0.3, -0.25) is 9.69 Å². The maximum Gasteiger partial charge on any atom is 0.268 e. The average Bonchev–Trinajstić information content (AvgIpc) is 3.36. The van der Waals surface area contributed by atoms with Gasteiger partial charge in [-0.05, 0) is 42.5 Å². The summed E-state index contributed by atoms with van der Waals surface area (Å²) in [5.41, 5.74) is 2.09. The van der Waals surface area contributed by atoms with Crippen molar-refractivity contribution in [1.82, 2.24) is 4.90 Å². The normalized spacial score (nSPS) is 14.9. The quantitative estimate of drug-likeness (QED) is 0.518. The number of nitrogens with zero attached hydrogens (tertiary/aromatic N) is 2. The van der Waals surface area contributed by atoms with E-state index in [1.165, 1.54) is 11.3 Å². The van der Waals surface area contributed by atoms with Crippen molar-refractivity contribution < 1.29 is 14.3 Å². The van der Waals surface area contributed by atoms with E-state index in [1.54, 1.807) is 14.2 Å². The molecule has 2 aromatic carbocycles. The highest BCUT2D eigenvalue weighted by Gasteiger charge is 2.30. The van der Waals surface area contributed by atoms with E-state index in [2.05, 4.69) is 11.0 Å². The van der Waals surface area contributed by atoms with Gasteiger partial charge in [0, 0.05) is 36.9 Å². The van der Waals surface area contributed by atoms with Crippen molar-refractivity contribution in [2.24, 2.45) is 0 Å². The second-order valence-electron chi connectivity index (χ2n) is 7.65. The molecule has 0 radical (unpaired) electrons. The average molecular weight is 437 g/mol. The molecule has 31 heavy (non-hydrogen) atoms. The number of hydrogen-bond acceptors (Lipinski definition) is 5. The summed E-state index contributed by atoms with van der Waals surface area (Å²) in [6, 6.07) is 20.1. The van der Waals surface area contributed by atoms with Crippen LogP contribution in [0.1, 0.15) is 28.1 Å². The molecule has 1 aliphatic heterocycles. The molecule has 4 rings (SSSR count). The number of thiophene rings is 1. The van der Waals surface area contributed by atoms with Crippen LogP contribution in [0.25, 0.3) is 0 Å². The minimum Gasteiger partial charge on any atom is -0.493 e. The monoisotopic (exact) mass is 436 g/mol. The number of rotatable bonds is 7. The van der Waals surface area contributed by atoms with Gasteiger partial charge in [-0.2, -0.15) is 0 Å². The van der Waals surface area contributed by atoms with Gasteiger partial charge < -0.3 is 14.4 Å².